The minimum atomic E-state index is -0.308. The maximum Gasteiger partial charge on any atom is 0.291 e. The topological polar surface area (TPSA) is 67.6 Å². The van der Waals surface area contributed by atoms with Gasteiger partial charge in [0.1, 0.15) is 4.53 Å². The Morgan fingerprint density at radius 1 is 1.22 bits per heavy atom. The number of amides is 1. The van der Waals surface area contributed by atoms with Gasteiger partial charge in [-0.25, -0.2) is 0 Å². The predicted molar refractivity (Wildman–Crippen MR) is 110 cm³/mol. The van der Waals surface area contributed by atoms with Crippen molar-refractivity contribution in [3.63, 3.8) is 0 Å². The average Bonchev–Trinajstić information content (AvgIpc) is 3.39. The van der Waals surface area contributed by atoms with Crippen LogP contribution in [0.5, 0.6) is 0 Å². The van der Waals surface area contributed by atoms with Crippen LogP contribution in [0.2, 0.25) is 0 Å². The normalized spacial score (nSPS) is 15.8. The molecule has 0 radical (unpaired) electrons. The van der Waals surface area contributed by atoms with Crippen molar-refractivity contribution in [2.24, 2.45) is 0 Å². The number of carbonyl (C=O) groups is 1. The Hall–Kier alpha value is -2.36. The van der Waals surface area contributed by atoms with Gasteiger partial charge in [0.2, 0.25) is 4.96 Å². The quantitative estimate of drug-likeness (QED) is 0.463. The molecule has 0 spiro atoms. The minimum Gasteiger partial charge on any atom is -0.308 e. The Bertz CT molecular complexity index is 1320. The first-order valence-corrected chi connectivity index (χ1v) is 10.7. The first-order valence-electron chi connectivity index (χ1n) is 8.18. The summed E-state index contributed by atoms with van der Waals surface area (Å²) in [7, 11) is 0. The molecule has 0 atom stereocenters. The summed E-state index contributed by atoms with van der Waals surface area (Å²) in [6, 6.07) is 9.50. The number of hydrogen-bond acceptors (Lipinski definition) is 6. The van der Waals surface area contributed by atoms with Crippen molar-refractivity contribution in [3.8, 4) is 10.7 Å². The Balaban J connectivity index is 1.80. The third-order valence-corrected chi connectivity index (χ3v) is 6.81. The van der Waals surface area contributed by atoms with Crippen LogP contribution in [-0.4, -0.2) is 27.0 Å². The number of nitrogens with zero attached hydrogens (tertiary/aromatic N) is 4. The molecule has 9 heteroatoms. The van der Waals surface area contributed by atoms with E-state index < -0.39 is 0 Å². The number of anilines is 1. The standard InChI is InChI=1S/C18H11BrN4O2S2/c1-2-22-11-6-5-9(19)8-10(11)13(16(22)24)14-17(25)23-18(27-14)20-15(21-23)12-4-3-7-26-12/h3-8H,2H2,1H3/b14-13-. The molecule has 27 heavy (non-hydrogen) atoms. The number of thiazole rings is 1. The molecule has 0 bridgehead atoms. The van der Waals surface area contributed by atoms with E-state index in [0.717, 1.165) is 20.6 Å². The van der Waals surface area contributed by atoms with Gasteiger partial charge in [0.25, 0.3) is 11.5 Å². The second-order valence-corrected chi connectivity index (χ2v) is 8.77. The van der Waals surface area contributed by atoms with Crippen molar-refractivity contribution in [2.45, 2.75) is 6.92 Å². The van der Waals surface area contributed by atoms with E-state index in [1.54, 1.807) is 4.90 Å². The number of likely N-dealkylation sites (N-methyl/N-ethyl adjacent to an activating group) is 1. The van der Waals surface area contributed by atoms with Gasteiger partial charge in [0.05, 0.1) is 16.1 Å². The molecule has 0 saturated carbocycles. The Kier molecular flexibility index (Phi) is 3.78. The summed E-state index contributed by atoms with van der Waals surface area (Å²) in [5, 5.41) is 6.29. The molecule has 4 heterocycles. The third-order valence-electron chi connectivity index (χ3n) is 4.42. The van der Waals surface area contributed by atoms with Crippen LogP contribution in [-0.2, 0) is 4.79 Å². The predicted octanol–water partition coefficient (Wildman–Crippen LogP) is 2.93. The summed E-state index contributed by atoms with van der Waals surface area (Å²) in [5.41, 5.74) is 1.69. The van der Waals surface area contributed by atoms with Gasteiger partial charge in [-0.2, -0.15) is 9.50 Å². The zero-order valence-corrected chi connectivity index (χ0v) is 17.2. The molecule has 6 nitrogen and oxygen atoms in total. The van der Waals surface area contributed by atoms with E-state index in [2.05, 4.69) is 26.0 Å². The van der Waals surface area contributed by atoms with Crippen LogP contribution >= 0.6 is 38.6 Å². The minimum absolute atomic E-state index is 0.161. The Labute approximate surface area is 169 Å². The molecule has 134 valence electrons. The van der Waals surface area contributed by atoms with Gasteiger partial charge >= 0.3 is 0 Å². The average molecular weight is 459 g/mol. The number of thiophene rings is 1. The summed E-state index contributed by atoms with van der Waals surface area (Å²) in [6.07, 6.45) is 0. The fraction of sp³-hybridized carbons (Fsp3) is 0.111. The second-order valence-electron chi connectivity index (χ2n) is 5.93. The summed E-state index contributed by atoms with van der Waals surface area (Å²) >= 11 is 6.18. The molecule has 0 fully saturated rings. The van der Waals surface area contributed by atoms with E-state index in [0.29, 0.717) is 27.4 Å². The van der Waals surface area contributed by atoms with Gasteiger partial charge in [0.15, 0.2) is 5.82 Å². The summed E-state index contributed by atoms with van der Waals surface area (Å²) in [5.74, 6) is 0.367. The number of hydrogen-bond donors (Lipinski definition) is 0. The highest BCUT2D eigenvalue weighted by molar-refractivity contribution is 9.10. The number of rotatable bonds is 2. The lowest BCUT2D eigenvalue weighted by atomic mass is 10.1. The van der Waals surface area contributed by atoms with Crippen LogP contribution in [0.15, 0.2) is 45.0 Å². The number of halogens is 1. The molecule has 0 saturated heterocycles. The van der Waals surface area contributed by atoms with Crippen LogP contribution in [0.25, 0.3) is 21.2 Å². The molecule has 0 unspecified atom stereocenters. The number of carbonyl (C=O) groups excluding carboxylic acids is 1. The molecular formula is C18H11BrN4O2S2. The van der Waals surface area contributed by atoms with Gasteiger partial charge in [-0.15, -0.1) is 16.4 Å². The summed E-state index contributed by atoms with van der Waals surface area (Å²) in [6.45, 7) is 2.45. The van der Waals surface area contributed by atoms with E-state index in [1.165, 1.54) is 27.2 Å². The third kappa shape index (κ3) is 2.42. The van der Waals surface area contributed by atoms with Crippen LogP contribution in [0.3, 0.4) is 0 Å². The van der Waals surface area contributed by atoms with Crippen LogP contribution in [0, 0.1) is 0 Å². The zero-order valence-electron chi connectivity index (χ0n) is 14.0. The maximum absolute atomic E-state index is 13.0. The van der Waals surface area contributed by atoms with Gasteiger partial charge in [0, 0.05) is 16.6 Å². The molecule has 4 aromatic rings. The van der Waals surface area contributed by atoms with Gasteiger partial charge in [-0.3, -0.25) is 9.59 Å². The molecule has 1 aromatic carbocycles. The number of fused-ring (bicyclic) bond motifs is 2. The van der Waals surface area contributed by atoms with Gasteiger partial charge < -0.3 is 4.90 Å². The lowest BCUT2D eigenvalue weighted by Crippen LogP contribution is -2.32. The van der Waals surface area contributed by atoms with Gasteiger partial charge in [-0.05, 0) is 36.6 Å². The molecule has 1 aliphatic heterocycles. The summed E-state index contributed by atoms with van der Waals surface area (Å²) < 4.78 is 2.53. The molecule has 0 N–H and O–H groups in total. The van der Waals surface area contributed by atoms with Crippen LogP contribution < -0.4 is 15.0 Å². The highest BCUT2D eigenvalue weighted by atomic mass is 79.9. The lowest BCUT2D eigenvalue weighted by Gasteiger charge is -2.13. The highest BCUT2D eigenvalue weighted by Crippen LogP contribution is 2.37. The largest absolute Gasteiger partial charge is 0.308 e. The van der Waals surface area contributed by atoms with Crippen molar-refractivity contribution in [1.82, 2.24) is 14.6 Å². The second kappa shape index (κ2) is 6.08. The van der Waals surface area contributed by atoms with Crippen molar-refractivity contribution in [3.05, 3.63) is 60.6 Å². The van der Waals surface area contributed by atoms with Gasteiger partial charge in [-0.1, -0.05) is 33.3 Å². The smallest absolute Gasteiger partial charge is 0.291 e. The molecular weight excluding hydrogens is 448 g/mol. The molecule has 1 amide bonds. The van der Waals surface area contributed by atoms with Crippen molar-refractivity contribution < 1.29 is 4.79 Å². The SMILES string of the molecule is CCN1C(=O)/C(=c2\sc3nc(-c4cccs4)nn3c2=O)c2cc(Br)ccc21. The van der Waals surface area contributed by atoms with Crippen molar-refractivity contribution in [2.75, 3.05) is 11.4 Å². The zero-order chi connectivity index (χ0) is 18.7. The van der Waals surface area contributed by atoms with E-state index in [1.807, 2.05) is 42.6 Å². The van der Waals surface area contributed by atoms with Crippen molar-refractivity contribution >= 4 is 60.7 Å². The van der Waals surface area contributed by atoms with Crippen LogP contribution in [0.1, 0.15) is 12.5 Å². The highest BCUT2D eigenvalue weighted by Gasteiger charge is 2.33. The van der Waals surface area contributed by atoms with E-state index in [4.69, 9.17) is 0 Å². The maximum atomic E-state index is 13.0. The van der Waals surface area contributed by atoms with Crippen LogP contribution in [0.4, 0.5) is 5.69 Å². The molecule has 0 aliphatic carbocycles. The molecule has 3 aromatic heterocycles. The van der Waals surface area contributed by atoms with E-state index in [9.17, 15) is 9.59 Å². The van der Waals surface area contributed by atoms with E-state index >= 15 is 0 Å². The molecule has 1 aliphatic rings. The fourth-order valence-electron chi connectivity index (χ4n) is 3.23. The summed E-state index contributed by atoms with van der Waals surface area (Å²) in [4.78, 5) is 33.6. The fourth-order valence-corrected chi connectivity index (χ4v) is 5.24. The Morgan fingerprint density at radius 2 is 2.07 bits per heavy atom. The Morgan fingerprint density at radius 3 is 2.78 bits per heavy atom. The first kappa shape index (κ1) is 16.8. The monoisotopic (exact) mass is 458 g/mol. The lowest BCUT2D eigenvalue weighted by molar-refractivity contribution is -0.113. The first-order chi connectivity index (χ1) is 13.1. The van der Waals surface area contributed by atoms with Crippen molar-refractivity contribution in [1.29, 1.82) is 0 Å². The van der Waals surface area contributed by atoms with E-state index in [-0.39, 0.29) is 11.5 Å². The number of aromatic nitrogens is 3. The number of benzene rings is 1. The molecule has 5 rings (SSSR count).